The molecule has 1 saturated carbocycles. The molecule has 17 nitrogen and oxygen atoms in total. The van der Waals surface area contributed by atoms with Crippen molar-refractivity contribution in [1.29, 1.82) is 0 Å². The summed E-state index contributed by atoms with van der Waals surface area (Å²) < 4.78 is 13.9. The molecule has 2 fully saturated rings. The predicted octanol–water partition coefficient (Wildman–Crippen LogP) is 7.49. The molecule has 1 aliphatic carbocycles. The third kappa shape index (κ3) is 11.2. The van der Waals surface area contributed by atoms with E-state index in [9.17, 15) is 24.3 Å². The van der Waals surface area contributed by atoms with Crippen molar-refractivity contribution in [2.75, 3.05) is 13.2 Å². The summed E-state index contributed by atoms with van der Waals surface area (Å²) >= 11 is 9.49. The second kappa shape index (κ2) is 21.1. The molecule has 0 spiro atoms. The molecular weight excluding hydrogens is 988 g/mol. The van der Waals surface area contributed by atoms with E-state index in [1.165, 1.54) is 11.1 Å². The molecule has 0 radical (unpaired) electrons. The number of likely N-dealkylation sites (tertiary alicyclic amines) is 1. The number of aliphatic hydroxyl groups is 1. The van der Waals surface area contributed by atoms with Crippen molar-refractivity contribution in [3.8, 4) is 27.1 Å². The molecule has 3 aliphatic rings. The van der Waals surface area contributed by atoms with E-state index in [1.54, 1.807) is 34.8 Å². The number of carbonyl (C=O) groups excluding carboxylic acids is 4. The van der Waals surface area contributed by atoms with Crippen molar-refractivity contribution in [1.82, 2.24) is 45.6 Å². The van der Waals surface area contributed by atoms with Crippen molar-refractivity contribution in [2.45, 2.75) is 123 Å². The average molecular weight is 1050 g/mol. The lowest BCUT2D eigenvalue weighted by Gasteiger charge is -2.35. The number of β-amino-alcohol motifs (C(OH)–C–C–N with tert-alkyl or cyclic N) is 1. The third-order valence-electron chi connectivity index (χ3n) is 13.6. The molecule has 0 bridgehead atoms. The van der Waals surface area contributed by atoms with Crippen molar-refractivity contribution >= 4 is 63.6 Å². The summed E-state index contributed by atoms with van der Waals surface area (Å²) in [4.78, 5) is 72.4. The number of aromatic nitrogens is 5. The number of hydrogen-bond donors (Lipinski definition) is 4. The number of pyridine rings is 1. The Kier molecular flexibility index (Phi) is 14.9. The van der Waals surface area contributed by atoms with Gasteiger partial charge in [-0.05, 0) is 74.9 Å². The van der Waals surface area contributed by atoms with E-state index in [0.29, 0.717) is 35.3 Å². The van der Waals surface area contributed by atoms with Crippen LogP contribution in [-0.2, 0) is 19.2 Å². The largest absolute Gasteiger partial charge is 0.482 e. The number of aryl methyl sites for hydroxylation is 3. The van der Waals surface area contributed by atoms with Gasteiger partial charge >= 0.3 is 0 Å². The van der Waals surface area contributed by atoms with Crippen LogP contribution < -0.4 is 25.4 Å². The lowest BCUT2D eigenvalue weighted by molar-refractivity contribution is -0.144. The number of ether oxygens (including phenoxy) is 2. The number of halogens is 1. The fourth-order valence-electron chi connectivity index (χ4n) is 9.43. The zero-order valence-electron chi connectivity index (χ0n) is 41.9. The number of nitrogens with zero attached hydrogens (tertiary/aromatic N) is 7. The number of nitrogens with one attached hydrogen (secondary N) is 3. The van der Waals surface area contributed by atoms with Crippen molar-refractivity contribution in [2.24, 2.45) is 10.4 Å². The Morgan fingerprint density at radius 2 is 1.63 bits per heavy atom. The van der Waals surface area contributed by atoms with Crippen LogP contribution in [0, 0.1) is 33.1 Å². The van der Waals surface area contributed by atoms with Crippen LogP contribution in [0.15, 0.2) is 77.4 Å². The molecule has 20 heteroatoms. The number of hydrogen-bond acceptors (Lipinski definition) is 14. The topological polar surface area (TPSA) is 215 Å². The highest BCUT2D eigenvalue weighted by Gasteiger charge is 2.45. The average Bonchev–Trinajstić information content (AvgIpc) is 4.11. The fourth-order valence-corrected chi connectivity index (χ4v) is 11.6. The normalized spacial score (nSPS) is 20.1. The van der Waals surface area contributed by atoms with Gasteiger partial charge in [0.05, 0.1) is 46.6 Å². The molecule has 0 unspecified atom stereocenters. The number of thiazole rings is 1. The number of aliphatic hydroxyl groups excluding tert-OH is 1. The maximum Gasteiger partial charge on any atom is 0.258 e. The first kappa shape index (κ1) is 51.4. The van der Waals surface area contributed by atoms with E-state index in [1.807, 2.05) is 100 Å². The molecule has 2 aliphatic heterocycles. The van der Waals surface area contributed by atoms with Crippen molar-refractivity contribution < 1.29 is 33.8 Å². The Morgan fingerprint density at radius 3 is 2.30 bits per heavy atom. The molecule has 4 amide bonds. The van der Waals surface area contributed by atoms with E-state index in [-0.39, 0.29) is 43.5 Å². The van der Waals surface area contributed by atoms with Crippen molar-refractivity contribution in [3.63, 3.8) is 0 Å². The number of carbonyl (C=O) groups is 4. The van der Waals surface area contributed by atoms with Gasteiger partial charge in [-0.15, -0.1) is 32.9 Å². The lowest BCUT2D eigenvalue weighted by Crippen LogP contribution is -2.58. The highest BCUT2D eigenvalue weighted by atomic mass is 35.5. The Bertz CT molecular complexity index is 3050. The maximum absolute atomic E-state index is 14.2. The number of thiophene rings is 1. The van der Waals surface area contributed by atoms with Gasteiger partial charge in [-0.2, -0.15) is 0 Å². The standard InChI is InChI=1S/C53H59ClN10O7S2/c1-27-30(4)73-52-45(27)46(33-13-15-35(54)16-14-33)59-40(49-62-61-31(5)64(49)52)22-42(66)58-36-19-39(20-36)71-44-18-17-38(23-55-44)70-25-43(67)60-48(53(6,7)8)51(69)63-24-37(65)21-41(63)50(68)57-28(2)32-9-11-34(12-10-32)47-29(3)56-26-72-47/h9-18,23,26,28,36-37,39-41,48,65H,19-22,24-25H2,1-8H3,(H,57,68)(H,58,66)(H,60,67)/t28-,36?,37+,39?,40-,41-,48+/m0/s1. The van der Waals surface area contributed by atoms with E-state index >= 15 is 0 Å². The van der Waals surface area contributed by atoms with Gasteiger partial charge in [0.2, 0.25) is 23.6 Å². The number of amides is 4. The maximum atomic E-state index is 14.2. The number of benzene rings is 2. The summed E-state index contributed by atoms with van der Waals surface area (Å²) in [5.74, 6) is 0.432. The first-order chi connectivity index (χ1) is 34.8. The molecule has 2 aromatic carbocycles. The predicted molar refractivity (Wildman–Crippen MR) is 280 cm³/mol. The smallest absolute Gasteiger partial charge is 0.258 e. The van der Waals surface area contributed by atoms with Crippen LogP contribution in [0.1, 0.15) is 110 Å². The highest BCUT2D eigenvalue weighted by Crippen LogP contribution is 2.40. The lowest BCUT2D eigenvalue weighted by atomic mass is 9.85. The molecule has 4 aromatic heterocycles. The van der Waals surface area contributed by atoms with Gasteiger partial charge in [-0.1, -0.05) is 68.8 Å². The minimum Gasteiger partial charge on any atom is -0.482 e. The highest BCUT2D eigenvalue weighted by molar-refractivity contribution is 7.15. The molecule has 73 heavy (non-hydrogen) atoms. The van der Waals surface area contributed by atoms with E-state index in [0.717, 1.165) is 59.8 Å². The van der Waals surface area contributed by atoms with Gasteiger partial charge in [-0.25, -0.2) is 9.97 Å². The number of rotatable bonds is 15. The number of fused-ring (bicyclic) bond motifs is 3. The summed E-state index contributed by atoms with van der Waals surface area (Å²) in [5.41, 5.74) is 7.73. The van der Waals surface area contributed by atoms with Gasteiger partial charge < -0.3 is 35.4 Å². The van der Waals surface area contributed by atoms with Crippen LogP contribution >= 0.6 is 34.3 Å². The van der Waals surface area contributed by atoms with Crippen LogP contribution in [0.4, 0.5) is 0 Å². The van der Waals surface area contributed by atoms with E-state index in [4.69, 9.17) is 26.1 Å². The zero-order valence-corrected chi connectivity index (χ0v) is 44.3. The first-order valence-electron chi connectivity index (χ1n) is 24.3. The SMILES string of the molecule is Cc1ncsc1-c1ccc([C@H](C)NC(=O)[C@@H]2C[C@@H](O)CN2C(=O)[C@@H](NC(=O)COc2ccc(OC3CC(NC(=O)C[C@@H]4N=C(c5ccc(Cl)cc5)c5c(sc(C)c5C)-n5c(C)nnc54)C3)nc2)C(C)(C)C)cc1. The molecule has 6 aromatic rings. The Morgan fingerprint density at radius 1 is 0.904 bits per heavy atom. The minimum absolute atomic E-state index is 0.0471. The summed E-state index contributed by atoms with van der Waals surface area (Å²) in [6.07, 6.45) is 1.68. The summed E-state index contributed by atoms with van der Waals surface area (Å²) in [7, 11) is 0. The van der Waals surface area contributed by atoms with Crippen molar-refractivity contribution in [3.05, 3.63) is 122 Å². The molecular formula is C53H59ClN10O7S2. The van der Waals surface area contributed by atoms with Gasteiger partial charge in [-0.3, -0.25) is 28.7 Å². The van der Waals surface area contributed by atoms with Gasteiger partial charge in [0.25, 0.3) is 5.91 Å². The second-order valence-electron chi connectivity index (χ2n) is 20.1. The quantitative estimate of drug-likeness (QED) is 0.0791. The summed E-state index contributed by atoms with van der Waals surface area (Å²) in [6.45, 7) is 14.9. The molecule has 6 heterocycles. The molecule has 4 N–H and O–H groups in total. The minimum atomic E-state index is -1.03. The van der Waals surface area contributed by atoms with Crippen LogP contribution in [0.2, 0.25) is 5.02 Å². The molecule has 382 valence electrons. The van der Waals surface area contributed by atoms with Gasteiger partial charge in [0, 0.05) is 58.9 Å². The number of aliphatic imine (C=N–C) groups is 1. The molecule has 9 rings (SSSR count). The Labute approximate surface area is 436 Å². The van der Waals surface area contributed by atoms with Crippen LogP contribution in [0.25, 0.3) is 15.4 Å². The zero-order chi connectivity index (χ0) is 51.9. The Hall–Kier alpha value is -6.54. The van der Waals surface area contributed by atoms with E-state index < -0.39 is 54.0 Å². The van der Waals surface area contributed by atoms with Crippen LogP contribution in [0.3, 0.4) is 0 Å². The van der Waals surface area contributed by atoms with Crippen LogP contribution in [-0.4, -0.2) is 108 Å². The fraction of sp³-hybridized carbons (Fsp3) is 0.415. The van der Waals surface area contributed by atoms with Crippen LogP contribution in [0.5, 0.6) is 11.6 Å². The van der Waals surface area contributed by atoms with E-state index in [2.05, 4.69) is 50.0 Å². The van der Waals surface area contributed by atoms with Gasteiger partial charge in [0.1, 0.15) is 40.8 Å². The molecule has 5 atom stereocenters. The molecule has 1 saturated heterocycles. The monoisotopic (exact) mass is 1050 g/mol. The summed E-state index contributed by atoms with van der Waals surface area (Å²) in [6, 6.07) is 15.7. The first-order valence-corrected chi connectivity index (χ1v) is 26.4. The second-order valence-corrected chi connectivity index (χ2v) is 22.6. The van der Waals surface area contributed by atoms with Gasteiger partial charge in [0.15, 0.2) is 12.4 Å². The Balaban J connectivity index is 0.750. The third-order valence-corrected chi connectivity index (χ3v) is 16.0. The summed E-state index contributed by atoms with van der Waals surface area (Å²) in [5, 5.41) is 30.2.